The second-order valence-electron chi connectivity index (χ2n) is 3.78. The Morgan fingerprint density at radius 3 is 2.69 bits per heavy atom. The van der Waals surface area contributed by atoms with E-state index in [9.17, 15) is 4.79 Å². The highest BCUT2D eigenvalue weighted by atomic mass is 16.6. The van der Waals surface area contributed by atoms with Gasteiger partial charge < -0.3 is 9.47 Å². The third kappa shape index (κ3) is 3.03. The zero-order valence-corrected chi connectivity index (χ0v) is 9.61. The number of hydrogen-bond donors (Lipinski definition) is 0. The number of rotatable bonds is 3. The van der Waals surface area contributed by atoms with Crippen molar-refractivity contribution in [1.82, 2.24) is 0 Å². The molecule has 0 N–H and O–H groups in total. The van der Waals surface area contributed by atoms with E-state index in [2.05, 4.69) is 5.92 Å². The Morgan fingerprint density at radius 2 is 2.12 bits per heavy atom. The monoisotopic (exact) mass is 218 g/mol. The summed E-state index contributed by atoms with van der Waals surface area (Å²) < 4.78 is 10.2. The number of esters is 1. The molecule has 0 aliphatic rings. The maximum atomic E-state index is 11.7. The van der Waals surface area contributed by atoms with Gasteiger partial charge in [-0.25, -0.2) is 4.79 Å². The molecule has 0 radical (unpaired) electrons. The SMILES string of the molecule is C#CC(C)(C)OC(=O)c1cccc(OC)c1. The van der Waals surface area contributed by atoms with Gasteiger partial charge in [0.1, 0.15) is 5.75 Å². The lowest BCUT2D eigenvalue weighted by atomic mass is 10.1. The first-order valence-corrected chi connectivity index (χ1v) is 4.83. The van der Waals surface area contributed by atoms with Crippen molar-refractivity contribution in [3.63, 3.8) is 0 Å². The molecule has 0 aliphatic carbocycles. The Morgan fingerprint density at radius 1 is 1.44 bits per heavy atom. The van der Waals surface area contributed by atoms with Crippen molar-refractivity contribution in [2.75, 3.05) is 7.11 Å². The third-order valence-electron chi connectivity index (χ3n) is 2.00. The van der Waals surface area contributed by atoms with Gasteiger partial charge >= 0.3 is 5.97 Å². The second kappa shape index (κ2) is 4.71. The van der Waals surface area contributed by atoms with Gasteiger partial charge in [-0.15, -0.1) is 6.42 Å². The molecule has 0 amide bonds. The van der Waals surface area contributed by atoms with E-state index < -0.39 is 11.6 Å². The highest BCUT2D eigenvalue weighted by molar-refractivity contribution is 5.90. The summed E-state index contributed by atoms with van der Waals surface area (Å²) >= 11 is 0. The molecule has 3 nitrogen and oxygen atoms in total. The van der Waals surface area contributed by atoms with E-state index in [0.717, 1.165) is 0 Å². The smallest absolute Gasteiger partial charge is 0.339 e. The van der Waals surface area contributed by atoms with E-state index in [0.29, 0.717) is 11.3 Å². The molecule has 0 fully saturated rings. The Kier molecular flexibility index (Phi) is 3.57. The fourth-order valence-electron chi connectivity index (χ4n) is 1.07. The number of hydrogen-bond acceptors (Lipinski definition) is 3. The Labute approximate surface area is 95.4 Å². The fourth-order valence-corrected chi connectivity index (χ4v) is 1.07. The van der Waals surface area contributed by atoms with Crippen molar-refractivity contribution in [1.29, 1.82) is 0 Å². The predicted molar refractivity (Wildman–Crippen MR) is 61.3 cm³/mol. The summed E-state index contributed by atoms with van der Waals surface area (Å²) in [4.78, 5) is 11.7. The molecule has 1 aromatic rings. The lowest BCUT2D eigenvalue weighted by Gasteiger charge is -2.18. The van der Waals surface area contributed by atoms with Crippen molar-refractivity contribution in [2.24, 2.45) is 0 Å². The Hall–Kier alpha value is -1.95. The summed E-state index contributed by atoms with van der Waals surface area (Å²) in [5.41, 5.74) is -0.483. The number of carbonyl (C=O) groups excluding carboxylic acids is 1. The van der Waals surface area contributed by atoms with Gasteiger partial charge in [0, 0.05) is 0 Å². The maximum Gasteiger partial charge on any atom is 0.339 e. The van der Waals surface area contributed by atoms with Crippen molar-refractivity contribution in [3.05, 3.63) is 29.8 Å². The van der Waals surface area contributed by atoms with Crippen LogP contribution in [0.1, 0.15) is 24.2 Å². The minimum absolute atomic E-state index is 0.419. The molecular weight excluding hydrogens is 204 g/mol. The van der Waals surface area contributed by atoms with Crippen LogP contribution in [0.5, 0.6) is 5.75 Å². The fraction of sp³-hybridized carbons (Fsp3) is 0.308. The van der Waals surface area contributed by atoms with E-state index in [-0.39, 0.29) is 0 Å². The lowest BCUT2D eigenvalue weighted by molar-refractivity contribution is 0.0204. The number of carbonyl (C=O) groups is 1. The van der Waals surface area contributed by atoms with E-state index >= 15 is 0 Å². The lowest BCUT2D eigenvalue weighted by Crippen LogP contribution is -2.25. The molecule has 3 heteroatoms. The van der Waals surface area contributed by atoms with E-state index in [1.807, 2.05) is 0 Å². The van der Waals surface area contributed by atoms with Gasteiger partial charge in [-0.2, -0.15) is 0 Å². The van der Waals surface area contributed by atoms with Crippen molar-refractivity contribution in [2.45, 2.75) is 19.4 Å². The van der Waals surface area contributed by atoms with Crippen LogP contribution in [-0.2, 0) is 4.74 Å². The average molecular weight is 218 g/mol. The first kappa shape index (κ1) is 12.1. The topological polar surface area (TPSA) is 35.5 Å². The Balaban J connectivity index is 2.86. The molecule has 0 aromatic heterocycles. The first-order chi connectivity index (χ1) is 7.48. The molecule has 0 heterocycles. The van der Waals surface area contributed by atoms with E-state index in [4.69, 9.17) is 15.9 Å². The third-order valence-corrected chi connectivity index (χ3v) is 2.00. The molecular formula is C13H14O3. The molecule has 84 valence electrons. The van der Waals surface area contributed by atoms with Gasteiger partial charge in [0.15, 0.2) is 5.60 Å². The normalized spacial score (nSPS) is 10.4. The average Bonchev–Trinajstić information content (AvgIpc) is 2.28. The number of ether oxygens (including phenoxy) is 2. The van der Waals surface area contributed by atoms with Crippen LogP contribution in [0.3, 0.4) is 0 Å². The van der Waals surface area contributed by atoms with Crippen molar-refractivity contribution >= 4 is 5.97 Å². The van der Waals surface area contributed by atoms with Crippen molar-refractivity contribution in [3.8, 4) is 18.1 Å². The molecule has 1 aromatic carbocycles. The number of benzene rings is 1. The van der Waals surface area contributed by atoms with Crippen LogP contribution in [0.15, 0.2) is 24.3 Å². The van der Waals surface area contributed by atoms with Gasteiger partial charge in [-0.05, 0) is 32.0 Å². The van der Waals surface area contributed by atoms with Crippen LogP contribution in [0, 0.1) is 12.3 Å². The van der Waals surface area contributed by atoms with Crippen LogP contribution < -0.4 is 4.74 Å². The quantitative estimate of drug-likeness (QED) is 0.576. The van der Waals surface area contributed by atoms with E-state index in [1.165, 1.54) is 7.11 Å². The molecule has 0 saturated heterocycles. The van der Waals surface area contributed by atoms with Gasteiger partial charge in [-0.3, -0.25) is 0 Å². The summed E-state index contributed by atoms with van der Waals surface area (Å²) in [5, 5.41) is 0. The molecule has 0 aliphatic heterocycles. The van der Waals surface area contributed by atoms with Crippen LogP contribution >= 0.6 is 0 Å². The summed E-state index contributed by atoms with van der Waals surface area (Å²) in [6, 6.07) is 6.73. The molecule has 0 saturated carbocycles. The minimum Gasteiger partial charge on any atom is -0.497 e. The summed E-state index contributed by atoms with van der Waals surface area (Å²) in [6.07, 6.45) is 5.24. The van der Waals surface area contributed by atoms with Gasteiger partial charge in [0.05, 0.1) is 12.7 Å². The van der Waals surface area contributed by atoms with Crippen LogP contribution in [0.4, 0.5) is 0 Å². The molecule has 0 spiro atoms. The highest BCUT2D eigenvalue weighted by Gasteiger charge is 2.20. The standard InChI is InChI=1S/C13H14O3/c1-5-13(2,3)16-12(14)10-7-6-8-11(9-10)15-4/h1,6-9H,2-4H3. The van der Waals surface area contributed by atoms with E-state index in [1.54, 1.807) is 38.1 Å². The summed E-state index contributed by atoms with van der Waals surface area (Å²) in [7, 11) is 1.54. The van der Waals surface area contributed by atoms with Gasteiger partial charge in [0.25, 0.3) is 0 Å². The second-order valence-corrected chi connectivity index (χ2v) is 3.78. The number of methoxy groups -OCH3 is 1. The van der Waals surface area contributed by atoms with Crippen molar-refractivity contribution < 1.29 is 14.3 Å². The largest absolute Gasteiger partial charge is 0.497 e. The van der Waals surface area contributed by atoms with Gasteiger partial charge in [-0.1, -0.05) is 12.0 Å². The zero-order valence-electron chi connectivity index (χ0n) is 9.61. The number of terminal acetylenes is 1. The molecule has 16 heavy (non-hydrogen) atoms. The first-order valence-electron chi connectivity index (χ1n) is 4.83. The van der Waals surface area contributed by atoms with Crippen LogP contribution in [-0.4, -0.2) is 18.7 Å². The summed E-state index contributed by atoms with van der Waals surface area (Å²) in [6.45, 7) is 3.32. The minimum atomic E-state index is -0.903. The van der Waals surface area contributed by atoms with Crippen LogP contribution in [0.25, 0.3) is 0 Å². The predicted octanol–water partition coefficient (Wildman–Crippen LogP) is 2.26. The molecule has 0 atom stereocenters. The molecule has 1 rings (SSSR count). The molecule has 0 bridgehead atoms. The maximum absolute atomic E-state index is 11.7. The molecule has 0 unspecified atom stereocenters. The zero-order chi connectivity index (χ0) is 12.2. The summed E-state index contributed by atoms with van der Waals surface area (Å²) in [5.74, 6) is 2.54. The van der Waals surface area contributed by atoms with Crippen LogP contribution in [0.2, 0.25) is 0 Å². The Bertz CT molecular complexity index is 427. The van der Waals surface area contributed by atoms with Gasteiger partial charge in [0.2, 0.25) is 0 Å². The highest BCUT2D eigenvalue weighted by Crippen LogP contribution is 2.16.